The fourth-order valence-electron chi connectivity index (χ4n) is 5.51. The Morgan fingerprint density at radius 1 is 0.714 bits per heavy atom. The topological polar surface area (TPSA) is 107 Å². The molecule has 8 nitrogen and oxygen atoms in total. The molecule has 0 radical (unpaired) electrons. The van der Waals surface area contributed by atoms with Gasteiger partial charge in [0.1, 0.15) is 6.10 Å². The third kappa shape index (κ3) is 5.62. The lowest BCUT2D eigenvalue weighted by Crippen LogP contribution is -2.51. The Morgan fingerprint density at radius 3 is 1.50 bits per heavy atom. The number of amides is 2. The van der Waals surface area contributed by atoms with Crippen molar-refractivity contribution in [3.05, 3.63) is 144 Å². The fourth-order valence-corrected chi connectivity index (χ4v) is 5.51. The molecule has 0 aliphatic carbocycles. The molecule has 0 bridgehead atoms. The number of carbonyl (C=O) groups excluding carboxylic acids is 2. The monoisotopic (exact) mass is 564 g/mol. The Bertz CT molecular complexity index is 1480. The molecule has 1 aliphatic heterocycles. The van der Waals surface area contributed by atoms with Gasteiger partial charge in [-0.3, -0.25) is 0 Å². The first kappa shape index (κ1) is 28.6. The molecule has 2 N–H and O–H groups in total. The van der Waals surface area contributed by atoms with Crippen LogP contribution in [0, 0.1) is 0 Å². The summed E-state index contributed by atoms with van der Waals surface area (Å²) in [7, 11) is 0. The van der Waals surface area contributed by atoms with E-state index in [9.17, 15) is 24.6 Å². The van der Waals surface area contributed by atoms with Crippen LogP contribution in [0.4, 0.5) is 4.79 Å². The summed E-state index contributed by atoms with van der Waals surface area (Å²) in [5.41, 5.74) is 0.712. The minimum absolute atomic E-state index is 0.000762. The highest BCUT2D eigenvalue weighted by atomic mass is 16.6. The van der Waals surface area contributed by atoms with Gasteiger partial charge >= 0.3 is 18.0 Å². The van der Waals surface area contributed by atoms with E-state index in [2.05, 4.69) is 0 Å². The molecule has 0 aromatic heterocycles. The van der Waals surface area contributed by atoms with Gasteiger partial charge in [0.2, 0.25) is 0 Å². The zero-order valence-electron chi connectivity index (χ0n) is 23.1. The van der Waals surface area contributed by atoms with Crippen molar-refractivity contribution in [1.29, 1.82) is 0 Å². The molecule has 0 spiro atoms. The Morgan fingerprint density at radius 2 is 1.10 bits per heavy atom. The van der Waals surface area contributed by atoms with Crippen molar-refractivity contribution < 1.29 is 29.3 Å². The number of nitrogens with zero attached hydrogens (tertiary/aromatic N) is 2. The Kier molecular flexibility index (Phi) is 8.36. The number of hydrogen-bond donors (Lipinski definition) is 2. The molecule has 214 valence electrons. The van der Waals surface area contributed by atoms with Crippen molar-refractivity contribution in [3.8, 4) is 0 Å². The van der Waals surface area contributed by atoms with Crippen LogP contribution in [-0.2, 0) is 33.0 Å². The standard InChI is InChI=1S/C34H32N2O6/c1-24(34(41,27-18-10-4-11-19-27)28-20-12-5-13-21-28)42-32(39)30-29(31(37)38)35(22-25-14-6-2-7-15-25)33(40)36(30)23-26-16-8-3-9-17-26/h2-21,24,29-30,41H,22-23H2,1H3,(H,37,38)/t24?,29-,30+/m0/s1. The number of benzene rings is 4. The average molecular weight is 565 g/mol. The molecule has 1 unspecified atom stereocenters. The third-order valence-electron chi connectivity index (χ3n) is 7.66. The predicted octanol–water partition coefficient (Wildman–Crippen LogP) is 4.81. The van der Waals surface area contributed by atoms with Gasteiger partial charge < -0.3 is 24.7 Å². The summed E-state index contributed by atoms with van der Waals surface area (Å²) in [6, 6.07) is 32.2. The minimum Gasteiger partial charge on any atom is -0.480 e. The fraction of sp³-hybridized carbons (Fsp3) is 0.206. The number of carboxylic acid groups (broad SMARTS) is 1. The largest absolute Gasteiger partial charge is 0.480 e. The van der Waals surface area contributed by atoms with Crippen molar-refractivity contribution >= 4 is 18.0 Å². The van der Waals surface area contributed by atoms with Crippen LogP contribution >= 0.6 is 0 Å². The van der Waals surface area contributed by atoms with Crippen molar-refractivity contribution in [3.63, 3.8) is 0 Å². The van der Waals surface area contributed by atoms with Gasteiger partial charge in [0.05, 0.1) is 0 Å². The molecule has 5 rings (SSSR count). The lowest BCUT2D eigenvalue weighted by molar-refractivity contribution is -0.168. The zero-order chi connectivity index (χ0) is 29.7. The highest BCUT2D eigenvalue weighted by Crippen LogP contribution is 2.36. The van der Waals surface area contributed by atoms with Crippen molar-refractivity contribution in [2.45, 2.75) is 43.8 Å². The quantitative estimate of drug-likeness (QED) is 0.268. The van der Waals surface area contributed by atoms with Gasteiger partial charge in [-0.25, -0.2) is 14.4 Å². The van der Waals surface area contributed by atoms with E-state index in [1.807, 2.05) is 36.4 Å². The number of aliphatic hydroxyl groups is 1. The average Bonchev–Trinajstić information content (AvgIpc) is 3.29. The summed E-state index contributed by atoms with van der Waals surface area (Å²) in [5.74, 6) is -2.24. The van der Waals surface area contributed by atoms with E-state index in [1.165, 1.54) is 9.80 Å². The summed E-state index contributed by atoms with van der Waals surface area (Å²) < 4.78 is 5.93. The Labute approximate surface area is 244 Å². The van der Waals surface area contributed by atoms with Crippen LogP contribution in [-0.4, -0.2) is 56.2 Å². The first-order valence-corrected chi connectivity index (χ1v) is 13.7. The smallest absolute Gasteiger partial charge is 0.332 e. The summed E-state index contributed by atoms with van der Waals surface area (Å²) in [4.78, 5) is 43.0. The molecule has 1 heterocycles. The van der Waals surface area contributed by atoms with Crippen LogP contribution in [0.5, 0.6) is 0 Å². The van der Waals surface area contributed by atoms with E-state index < -0.39 is 41.8 Å². The molecule has 2 amide bonds. The van der Waals surface area contributed by atoms with E-state index in [-0.39, 0.29) is 13.1 Å². The summed E-state index contributed by atoms with van der Waals surface area (Å²) >= 11 is 0. The van der Waals surface area contributed by atoms with E-state index in [1.54, 1.807) is 91.9 Å². The van der Waals surface area contributed by atoms with Gasteiger partial charge in [0.25, 0.3) is 0 Å². The summed E-state index contributed by atoms with van der Waals surface area (Å²) in [5, 5.41) is 22.5. The number of hydrogen-bond acceptors (Lipinski definition) is 5. The lowest BCUT2D eigenvalue weighted by atomic mass is 9.82. The highest BCUT2D eigenvalue weighted by molar-refractivity contribution is 5.96. The van der Waals surface area contributed by atoms with Crippen LogP contribution in [0.2, 0.25) is 0 Å². The second-order valence-corrected chi connectivity index (χ2v) is 10.3. The maximum atomic E-state index is 14.0. The zero-order valence-corrected chi connectivity index (χ0v) is 23.1. The maximum absolute atomic E-state index is 14.0. The van der Waals surface area contributed by atoms with E-state index in [4.69, 9.17) is 4.74 Å². The highest BCUT2D eigenvalue weighted by Gasteiger charge is 2.55. The number of esters is 1. The second kappa shape index (κ2) is 12.3. The minimum atomic E-state index is -1.74. The number of aliphatic carboxylic acids is 1. The third-order valence-corrected chi connectivity index (χ3v) is 7.66. The molecular formula is C34H32N2O6. The molecule has 4 aromatic rings. The number of carboxylic acids is 1. The number of carbonyl (C=O) groups is 3. The van der Waals surface area contributed by atoms with Crippen LogP contribution in [0.3, 0.4) is 0 Å². The SMILES string of the molecule is CC(OC(=O)[C@H]1[C@@H](C(=O)O)N(Cc2ccccc2)C(=O)N1Cc1ccccc1)C(O)(c1ccccc1)c1ccccc1. The van der Waals surface area contributed by atoms with Gasteiger partial charge in [-0.2, -0.15) is 0 Å². The first-order chi connectivity index (χ1) is 20.3. The molecular weight excluding hydrogens is 532 g/mol. The van der Waals surface area contributed by atoms with Gasteiger partial charge in [0.15, 0.2) is 17.7 Å². The molecule has 3 atom stereocenters. The molecule has 0 saturated carbocycles. The molecule has 1 aliphatic rings. The Balaban J connectivity index is 1.51. The second-order valence-electron chi connectivity index (χ2n) is 10.3. The van der Waals surface area contributed by atoms with Gasteiger partial charge in [-0.15, -0.1) is 0 Å². The van der Waals surface area contributed by atoms with Gasteiger partial charge in [-0.05, 0) is 29.2 Å². The summed E-state index contributed by atoms with van der Waals surface area (Å²) in [6.07, 6.45) is -1.14. The number of ether oxygens (including phenoxy) is 1. The molecule has 8 heteroatoms. The molecule has 42 heavy (non-hydrogen) atoms. The van der Waals surface area contributed by atoms with E-state index >= 15 is 0 Å². The molecule has 1 fully saturated rings. The van der Waals surface area contributed by atoms with Crippen LogP contribution in [0.25, 0.3) is 0 Å². The Hall–Kier alpha value is -4.95. The first-order valence-electron chi connectivity index (χ1n) is 13.7. The lowest BCUT2D eigenvalue weighted by Gasteiger charge is -2.36. The maximum Gasteiger partial charge on any atom is 0.332 e. The van der Waals surface area contributed by atoms with E-state index in [0.29, 0.717) is 11.1 Å². The van der Waals surface area contributed by atoms with Crippen molar-refractivity contribution in [1.82, 2.24) is 9.80 Å². The normalized spacial score (nSPS) is 17.6. The molecule has 4 aromatic carbocycles. The van der Waals surface area contributed by atoms with Crippen LogP contribution in [0.15, 0.2) is 121 Å². The molecule has 1 saturated heterocycles. The van der Waals surface area contributed by atoms with Crippen LogP contribution in [0.1, 0.15) is 29.2 Å². The number of rotatable bonds is 10. The predicted molar refractivity (Wildman–Crippen MR) is 156 cm³/mol. The number of urea groups is 1. The summed E-state index contributed by atoms with van der Waals surface area (Å²) in [6.45, 7) is 1.57. The van der Waals surface area contributed by atoms with E-state index in [0.717, 1.165) is 11.1 Å². The van der Waals surface area contributed by atoms with Crippen molar-refractivity contribution in [2.24, 2.45) is 0 Å². The van der Waals surface area contributed by atoms with Gasteiger partial charge in [-0.1, -0.05) is 121 Å². The van der Waals surface area contributed by atoms with Crippen LogP contribution < -0.4 is 0 Å². The van der Waals surface area contributed by atoms with Crippen molar-refractivity contribution in [2.75, 3.05) is 0 Å². The van der Waals surface area contributed by atoms with Gasteiger partial charge in [0, 0.05) is 13.1 Å².